The molecule has 0 fully saturated rings. The highest BCUT2D eigenvalue weighted by atomic mass is 32.1. The maximum absolute atomic E-state index is 6.36. The number of hydrogen-bond donors (Lipinski definition) is 0. The first-order chi connectivity index (χ1) is 28.2. The fraction of sp³-hybridized carbons (Fsp3) is 0. The van der Waals surface area contributed by atoms with Crippen molar-refractivity contribution >= 4 is 75.5 Å². The number of para-hydroxylation sites is 2. The van der Waals surface area contributed by atoms with Gasteiger partial charge in [-0.1, -0.05) is 115 Å². The Bertz CT molecular complexity index is 3540. The highest BCUT2D eigenvalue weighted by Gasteiger charge is 2.21. The van der Waals surface area contributed by atoms with Crippen molar-refractivity contribution in [3.63, 3.8) is 0 Å². The fourth-order valence-electron chi connectivity index (χ4n) is 7.83. The van der Waals surface area contributed by atoms with Crippen LogP contribution in [-0.2, 0) is 0 Å². The van der Waals surface area contributed by atoms with Crippen LogP contribution < -0.4 is 0 Å². The lowest BCUT2D eigenvalue weighted by Gasteiger charge is -2.09. The molecule has 0 amide bonds. The zero-order chi connectivity index (χ0) is 37.5. The predicted molar refractivity (Wildman–Crippen MR) is 230 cm³/mol. The summed E-state index contributed by atoms with van der Waals surface area (Å²) in [5.74, 6) is 2.47. The van der Waals surface area contributed by atoms with Crippen LogP contribution in [0.5, 0.6) is 0 Å². The van der Waals surface area contributed by atoms with Gasteiger partial charge in [0.25, 0.3) is 0 Å². The molecule has 0 aliphatic rings. The normalized spacial score (nSPS) is 11.9. The van der Waals surface area contributed by atoms with E-state index in [1.807, 2.05) is 97.1 Å². The number of aromatic nitrogens is 5. The van der Waals surface area contributed by atoms with Crippen molar-refractivity contribution in [2.45, 2.75) is 0 Å². The third-order valence-electron chi connectivity index (χ3n) is 10.6. The van der Waals surface area contributed by atoms with Gasteiger partial charge in [0.05, 0.1) is 0 Å². The number of benzene rings is 7. The molecule has 5 aromatic heterocycles. The van der Waals surface area contributed by atoms with Crippen molar-refractivity contribution in [1.82, 2.24) is 24.9 Å². The van der Waals surface area contributed by atoms with Crippen molar-refractivity contribution in [3.8, 4) is 56.8 Å². The summed E-state index contributed by atoms with van der Waals surface area (Å²) in [6, 6.07) is 55.3. The summed E-state index contributed by atoms with van der Waals surface area (Å²) in [4.78, 5) is 25.6. The number of furan rings is 2. The van der Waals surface area contributed by atoms with Crippen LogP contribution in [0.2, 0.25) is 0 Å². The van der Waals surface area contributed by atoms with Gasteiger partial charge < -0.3 is 8.83 Å². The lowest BCUT2D eigenvalue weighted by Crippen LogP contribution is -2.00. The molecular weight excluding hydrogens is 723 g/mol. The molecule has 0 aliphatic heterocycles. The number of hydrogen-bond acceptors (Lipinski definition) is 8. The molecule has 0 unspecified atom stereocenters. The van der Waals surface area contributed by atoms with Crippen LogP contribution in [0.3, 0.4) is 0 Å². The van der Waals surface area contributed by atoms with E-state index in [4.69, 9.17) is 33.8 Å². The molecule has 5 heterocycles. The SMILES string of the molecule is c1ccc(-c2nc(-c3ccc4oc5ccccc5c4c3)nc(-c3cccc4c3sc3cc(-c5nc(-c6ccccc6)c6oc7ccccc7c6n5)ccc34)n2)cc1. The van der Waals surface area contributed by atoms with Gasteiger partial charge in [-0.25, -0.2) is 24.9 Å². The maximum Gasteiger partial charge on any atom is 0.180 e. The Morgan fingerprint density at radius 1 is 0.368 bits per heavy atom. The summed E-state index contributed by atoms with van der Waals surface area (Å²) in [5.41, 5.74) is 9.37. The average Bonchev–Trinajstić information content (AvgIpc) is 3.97. The Morgan fingerprint density at radius 3 is 1.81 bits per heavy atom. The Hall–Kier alpha value is -7.55. The summed E-state index contributed by atoms with van der Waals surface area (Å²) in [5, 5.41) is 5.32. The second kappa shape index (κ2) is 12.5. The number of fused-ring (bicyclic) bond motifs is 9. The fourth-order valence-corrected chi connectivity index (χ4v) is 9.08. The van der Waals surface area contributed by atoms with Gasteiger partial charge in [0, 0.05) is 64.1 Å². The molecular formula is C49H27N5O2S. The first-order valence-electron chi connectivity index (χ1n) is 18.7. The topological polar surface area (TPSA) is 90.7 Å². The van der Waals surface area contributed by atoms with Gasteiger partial charge in [0.1, 0.15) is 28.0 Å². The summed E-state index contributed by atoms with van der Waals surface area (Å²) < 4.78 is 14.7. The van der Waals surface area contributed by atoms with E-state index in [1.165, 1.54) is 0 Å². The number of thiophene rings is 1. The summed E-state index contributed by atoms with van der Waals surface area (Å²) >= 11 is 1.72. The smallest absolute Gasteiger partial charge is 0.180 e. The largest absolute Gasteiger partial charge is 0.456 e. The van der Waals surface area contributed by atoms with Crippen molar-refractivity contribution in [3.05, 3.63) is 164 Å². The van der Waals surface area contributed by atoms with E-state index < -0.39 is 0 Å². The second-order valence-corrected chi connectivity index (χ2v) is 15.1. The van der Waals surface area contributed by atoms with Gasteiger partial charge >= 0.3 is 0 Å². The minimum Gasteiger partial charge on any atom is -0.456 e. The Labute approximate surface area is 328 Å². The lowest BCUT2D eigenvalue weighted by molar-refractivity contribution is 0.667. The first kappa shape index (κ1) is 31.8. The molecule has 12 rings (SSSR count). The predicted octanol–water partition coefficient (Wildman–Crippen LogP) is 13.2. The molecule has 0 N–H and O–H groups in total. The Balaban J connectivity index is 1.03. The van der Waals surface area contributed by atoms with E-state index in [0.29, 0.717) is 28.9 Å². The van der Waals surface area contributed by atoms with E-state index in [2.05, 4.69) is 66.7 Å². The Kier molecular flexibility index (Phi) is 6.96. The second-order valence-electron chi connectivity index (χ2n) is 14.0. The molecule has 0 atom stereocenters. The van der Waals surface area contributed by atoms with E-state index in [-0.39, 0.29) is 0 Å². The van der Waals surface area contributed by atoms with Crippen molar-refractivity contribution in [2.75, 3.05) is 0 Å². The molecule has 0 saturated heterocycles. The molecule has 266 valence electrons. The first-order valence-corrected chi connectivity index (χ1v) is 19.5. The highest BCUT2D eigenvalue weighted by molar-refractivity contribution is 7.26. The lowest BCUT2D eigenvalue weighted by atomic mass is 10.1. The van der Waals surface area contributed by atoms with Gasteiger partial charge in [0.2, 0.25) is 0 Å². The minimum atomic E-state index is 0.597. The van der Waals surface area contributed by atoms with Gasteiger partial charge in [-0.15, -0.1) is 11.3 Å². The molecule has 8 heteroatoms. The van der Waals surface area contributed by atoms with Crippen LogP contribution in [-0.4, -0.2) is 24.9 Å². The molecule has 0 radical (unpaired) electrons. The molecule has 0 spiro atoms. The van der Waals surface area contributed by atoms with Gasteiger partial charge in [-0.3, -0.25) is 0 Å². The van der Waals surface area contributed by atoms with Crippen LogP contribution in [0.4, 0.5) is 0 Å². The molecule has 12 aromatic rings. The monoisotopic (exact) mass is 749 g/mol. The van der Waals surface area contributed by atoms with Crippen molar-refractivity contribution < 1.29 is 8.83 Å². The molecule has 57 heavy (non-hydrogen) atoms. The zero-order valence-corrected chi connectivity index (χ0v) is 30.9. The summed E-state index contributed by atoms with van der Waals surface area (Å²) in [6.45, 7) is 0. The summed E-state index contributed by atoms with van der Waals surface area (Å²) in [7, 11) is 0. The van der Waals surface area contributed by atoms with Crippen molar-refractivity contribution in [2.24, 2.45) is 0 Å². The van der Waals surface area contributed by atoms with Crippen LogP contribution >= 0.6 is 11.3 Å². The third kappa shape index (κ3) is 5.15. The van der Waals surface area contributed by atoms with Gasteiger partial charge in [-0.2, -0.15) is 0 Å². The molecule has 0 saturated carbocycles. The van der Waals surface area contributed by atoms with E-state index >= 15 is 0 Å². The Morgan fingerprint density at radius 2 is 0.982 bits per heavy atom. The van der Waals surface area contributed by atoms with E-state index in [1.54, 1.807) is 11.3 Å². The summed E-state index contributed by atoms with van der Waals surface area (Å²) in [6.07, 6.45) is 0. The average molecular weight is 750 g/mol. The molecule has 0 aliphatic carbocycles. The maximum atomic E-state index is 6.36. The van der Waals surface area contributed by atoms with Gasteiger partial charge in [-0.05, 0) is 48.5 Å². The third-order valence-corrected chi connectivity index (χ3v) is 11.8. The number of rotatable bonds is 5. The van der Waals surface area contributed by atoms with Crippen LogP contribution in [0.15, 0.2) is 173 Å². The quantitative estimate of drug-likeness (QED) is 0.173. The highest BCUT2D eigenvalue weighted by Crippen LogP contribution is 2.42. The van der Waals surface area contributed by atoms with Gasteiger partial charge in [0.15, 0.2) is 28.9 Å². The van der Waals surface area contributed by atoms with E-state index in [0.717, 1.165) is 92.1 Å². The van der Waals surface area contributed by atoms with Crippen molar-refractivity contribution in [1.29, 1.82) is 0 Å². The minimum absolute atomic E-state index is 0.597. The molecule has 0 bridgehead atoms. The van der Waals surface area contributed by atoms with E-state index in [9.17, 15) is 0 Å². The van der Waals surface area contributed by atoms with Crippen LogP contribution in [0.25, 0.3) is 121 Å². The standard InChI is InChI=1S/C49H27N5O2S/c1-3-12-28(13-4-1)42-44-43(35-17-8-10-21-39(35)56-44)51-47(50-42)31-22-24-33-34-18-11-19-36(45(34)57-41(33)27-31)49-53-46(29-14-5-2-6-15-29)52-48(54-49)30-23-25-40-37(26-30)32-16-7-9-20-38(32)55-40/h1-27H. The zero-order valence-electron chi connectivity index (χ0n) is 30.0. The van der Waals surface area contributed by atoms with Crippen LogP contribution in [0, 0.1) is 0 Å². The molecule has 7 aromatic carbocycles. The molecule has 7 nitrogen and oxygen atoms in total. The number of nitrogens with zero attached hydrogens (tertiary/aromatic N) is 5. The van der Waals surface area contributed by atoms with Crippen LogP contribution in [0.1, 0.15) is 0 Å².